The lowest BCUT2D eigenvalue weighted by Gasteiger charge is -2.16. The second kappa shape index (κ2) is 7.45. The van der Waals surface area contributed by atoms with Crippen LogP contribution in [0.1, 0.15) is 24.9 Å². The van der Waals surface area contributed by atoms with Gasteiger partial charge in [-0.05, 0) is 5.56 Å². The second-order valence-corrected chi connectivity index (χ2v) is 3.95. The Morgan fingerprint density at radius 3 is 2.50 bits per heavy atom. The summed E-state index contributed by atoms with van der Waals surface area (Å²) in [5.74, 6) is -0.365. The van der Waals surface area contributed by atoms with Gasteiger partial charge in [0.1, 0.15) is 0 Å². The fourth-order valence-corrected chi connectivity index (χ4v) is 1.54. The van der Waals surface area contributed by atoms with Crippen LogP contribution in [-0.4, -0.2) is 30.1 Å². The highest BCUT2D eigenvalue weighted by molar-refractivity contribution is 5.78. The van der Waals surface area contributed by atoms with Gasteiger partial charge in [-0.1, -0.05) is 30.3 Å². The molecule has 3 N–H and O–H groups in total. The summed E-state index contributed by atoms with van der Waals surface area (Å²) in [5.41, 5.74) is 0.855. The Labute approximate surface area is 106 Å². The Morgan fingerprint density at radius 1 is 1.28 bits per heavy atom. The van der Waals surface area contributed by atoms with Crippen LogP contribution in [-0.2, 0) is 9.59 Å². The zero-order valence-corrected chi connectivity index (χ0v) is 10.3. The van der Waals surface area contributed by atoms with E-state index in [-0.39, 0.29) is 24.8 Å². The highest BCUT2D eigenvalue weighted by atomic mass is 16.3. The van der Waals surface area contributed by atoms with Crippen LogP contribution in [0.2, 0.25) is 0 Å². The summed E-state index contributed by atoms with van der Waals surface area (Å²) < 4.78 is 0. The Morgan fingerprint density at radius 2 is 1.94 bits per heavy atom. The molecule has 0 saturated carbocycles. The van der Waals surface area contributed by atoms with E-state index in [9.17, 15) is 14.7 Å². The van der Waals surface area contributed by atoms with Crippen LogP contribution >= 0.6 is 0 Å². The lowest BCUT2D eigenvalue weighted by atomic mass is 10.1. The molecule has 0 bridgehead atoms. The van der Waals surface area contributed by atoms with Crippen LogP contribution in [0.25, 0.3) is 0 Å². The number of rotatable bonds is 6. The Hall–Kier alpha value is -1.88. The van der Waals surface area contributed by atoms with Crippen molar-refractivity contribution in [3.8, 4) is 0 Å². The zero-order chi connectivity index (χ0) is 13.4. The first-order valence-electron chi connectivity index (χ1n) is 5.83. The minimum Gasteiger partial charge on any atom is -0.394 e. The molecule has 1 rings (SSSR count). The molecule has 5 heteroatoms. The molecule has 0 unspecified atom stereocenters. The van der Waals surface area contributed by atoms with Crippen molar-refractivity contribution in [2.75, 3.05) is 13.2 Å². The van der Waals surface area contributed by atoms with Gasteiger partial charge in [-0.2, -0.15) is 0 Å². The van der Waals surface area contributed by atoms with Gasteiger partial charge >= 0.3 is 0 Å². The van der Waals surface area contributed by atoms with Gasteiger partial charge in [-0.25, -0.2) is 0 Å². The predicted molar refractivity (Wildman–Crippen MR) is 67.7 cm³/mol. The van der Waals surface area contributed by atoms with Crippen molar-refractivity contribution in [3.63, 3.8) is 0 Å². The van der Waals surface area contributed by atoms with E-state index in [0.29, 0.717) is 6.54 Å². The summed E-state index contributed by atoms with van der Waals surface area (Å²) >= 11 is 0. The summed E-state index contributed by atoms with van der Waals surface area (Å²) in [6.45, 7) is 1.54. The van der Waals surface area contributed by atoms with Crippen LogP contribution in [0.3, 0.4) is 0 Å². The maximum absolute atomic E-state index is 11.6. The monoisotopic (exact) mass is 250 g/mol. The maximum Gasteiger partial charge on any atom is 0.222 e. The maximum atomic E-state index is 11.6. The number of benzene rings is 1. The van der Waals surface area contributed by atoms with Crippen molar-refractivity contribution in [1.29, 1.82) is 0 Å². The number of nitrogens with one attached hydrogen (secondary N) is 2. The molecule has 0 radical (unpaired) electrons. The second-order valence-electron chi connectivity index (χ2n) is 3.95. The topological polar surface area (TPSA) is 78.4 Å². The van der Waals surface area contributed by atoms with Crippen molar-refractivity contribution >= 4 is 11.8 Å². The van der Waals surface area contributed by atoms with Crippen molar-refractivity contribution < 1.29 is 14.7 Å². The molecule has 1 aromatic carbocycles. The summed E-state index contributed by atoms with van der Waals surface area (Å²) in [6, 6.07) is 8.85. The third-order valence-corrected chi connectivity index (χ3v) is 2.45. The minimum atomic E-state index is -0.406. The van der Waals surface area contributed by atoms with Crippen molar-refractivity contribution in [2.24, 2.45) is 0 Å². The zero-order valence-electron chi connectivity index (χ0n) is 10.3. The molecule has 0 aromatic heterocycles. The summed E-state index contributed by atoms with van der Waals surface area (Å²) in [7, 11) is 0. The standard InChI is InChI=1S/C13H18N2O3/c1-10(17)14-8-7-13(18)15-12(9-16)11-5-3-2-4-6-11/h2-6,12,16H,7-9H2,1H3,(H,14,17)(H,15,18)/t12-/m0/s1. The summed E-state index contributed by atoms with van der Waals surface area (Å²) in [6.07, 6.45) is 0.197. The van der Waals surface area contributed by atoms with Gasteiger partial charge in [-0.15, -0.1) is 0 Å². The highest BCUT2D eigenvalue weighted by Gasteiger charge is 2.12. The van der Waals surface area contributed by atoms with Crippen LogP contribution in [0, 0.1) is 0 Å². The van der Waals surface area contributed by atoms with Crippen LogP contribution in [0.15, 0.2) is 30.3 Å². The summed E-state index contributed by atoms with van der Waals surface area (Å²) in [4.78, 5) is 22.2. The molecule has 0 heterocycles. The molecule has 1 atom stereocenters. The van der Waals surface area contributed by atoms with Crippen LogP contribution < -0.4 is 10.6 Å². The highest BCUT2D eigenvalue weighted by Crippen LogP contribution is 2.11. The molecule has 0 aliphatic rings. The quantitative estimate of drug-likeness (QED) is 0.682. The van der Waals surface area contributed by atoms with Crippen molar-refractivity contribution in [1.82, 2.24) is 10.6 Å². The smallest absolute Gasteiger partial charge is 0.222 e. The van der Waals surface area contributed by atoms with E-state index in [2.05, 4.69) is 10.6 Å². The van der Waals surface area contributed by atoms with E-state index >= 15 is 0 Å². The van der Waals surface area contributed by atoms with E-state index in [0.717, 1.165) is 5.56 Å². The Kier molecular flexibility index (Phi) is 5.87. The summed E-state index contributed by atoms with van der Waals surface area (Å²) in [5, 5.41) is 14.5. The first-order valence-corrected chi connectivity index (χ1v) is 5.83. The third kappa shape index (κ3) is 4.97. The molecular weight excluding hydrogens is 232 g/mol. The van der Waals surface area contributed by atoms with E-state index in [1.165, 1.54) is 6.92 Å². The molecular formula is C13H18N2O3. The van der Waals surface area contributed by atoms with Gasteiger partial charge in [0.15, 0.2) is 0 Å². The fraction of sp³-hybridized carbons (Fsp3) is 0.385. The van der Waals surface area contributed by atoms with E-state index in [4.69, 9.17) is 0 Å². The number of hydrogen-bond donors (Lipinski definition) is 3. The van der Waals surface area contributed by atoms with E-state index in [1.54, 1.807) is 0 Å². The Bertz CT molecular complexity index is 392. The van der Waals surface area contributed by atoms with Crippen LogP contribution in [0.4, 0.5) is 0 Å². The number of aliphatic hydroxyl groups is 1. The van der Waals surface area contributed by atoms with E-state index < -0.39 is 6.04 Å². The molecule has 1 aromatic rings. The molecule has 0 fully saturated rings. The molecule has 0 aliphatic carbocycles. The normalized spacial score (nSPS) is 11.7. The van der Waals surface area contributed by atoms with Gasteiger partial charge in [0.25, 0.3) is 0 Å². The predicted octanol–water partition coefficient (Wildman–Crippen LogP) is 0.362. The molecule has 2 amide bonds. The van der Waals surface area contributed by atoms with Crippen molar-refractivity contribution in [2.45, 2.75) is 19.4 Å². The number of amides is 2. The van der Waals surface area contributed by atoms with E-state index in [1.807, 2.05) is 30.3 Å². The number of hydrogen-bond acceptors (Lipinski definition) is 3. The first kappa shape index (κ1) is 14.2. The average Bonchev–Trinajstić information content (AvgIpc) is 2.36. The van der Waals surface area contributed by atoms with Crippen LogP contribution in [0.5, 0.6) is 0 Å². The van der Waals surface area contributed by atoms with Gasteiger partial charge in [0, 0.05) is 19.9 Å². The molecule has 0 spiro atoms. The number of aliphatic hydroxyl groups excluding tert-OH is 1. The number of carbonyl (C=O) groups excluding carboxylic acids is 2. The lowest BCUT2D eigenvalue weighted by molar-refractivity contribution is -0.122. The van der Waals surface area contributed by atoms with Gasteiger partial charge in [-0.3, -0.25) is 9.59 Å². The minimum absolute atomic E-state index is 0.157. The SMILES string of the molecule is CC(=O)NCCC(=O)N[C@@H](CO)c1ccccc1. The number of carbonyl (C=O) groups is 2. The molecule has 0 aliphatic heterocycles. The molecule has 0 saturated heterocycles. The lowest BCUT2D eigenvalue weighted by Crippen LogP contribution is -2.33. The first-order chi connectivity index (χ1) is 8.63. The molecule has 18 heavy (non-hydrogen) atoms. The van der Waals surface area contributed by atoms with Crippen molar-refractivity contribution in [3.05, 3.63) is 35.9 Å². The fourth-order valence-electron chi connectivity index (χ4n) is 1.54. The molecule has 5 nitrogen and oxygen atoms in total. The Balaban J connectivity index is 2.44. The largest absolute Gasteiger partial charge is 0.394 e. The average molecular weight is 250 g/mol. The van der Waals surface area contributed by atoms with Gasteiger partial charge in [0.05, 0.1) is 12.6 Å². The van der Waals surface area contributed by atoms with Gasteiger partial charge < -0.3 is 15.7 Å². The third-order valence-electron chi connectivity index (χ3n) is 2.45. The molecule has 98 valence electrons. The van der Waals surface area contributed by atoms with Gasteiger partial charge in [0.2, 0.25) is 11.8 Å².